The number of hydrogen-bond acceptors (Lipinski definition) is 4. The Morgan fingerprint density at radius 2 is 2.10 bits per heavy atom. The third-order valence-electron chi connectivity index (χ3n) is 4.72. The van der Waals surface area contributed by atoms with E-state index in [9.17, 15) is 4.79 Å². The van der Waals surface area contributed by atoms with Crippen molar-refractivity contribution >= 4 is 33.9 Å². The van der Waals surface area contributed by atoms with Crippen LogP contribution in [-0.2, 0) is 11.2 Å². The van der Waals surface area contributed by atoms with E-state index in [1.807, 2.05) is 35.4 Å². The first-order valence-electron chi connectivity index (χ1n) is 9.85. The molecule has 0 saturated carbocycles. The number of methoxy groups -OCH3 is 1. The predicted octanol–water partition coefficient (Wildman–Crippen LogP) is 4.72. The van der Waals surface area contributed by atoms with E-state index in [1.54, 1.807) is 18.4 Å². The van der Waals surface area contributed by atoms with Gasteiger partial charge in [0.2, 0.25) is 0 Å². The van der Waals surface area contributed by atoms with Crippen LogP contribution in [0.3, 0.4) is 0 Å². The monoisotopic (exact) mass is 434 g/mol. The van der Waals surface area contributed by atoms with E-state index >= 15 is 0 Å². The van der Waals surface area contributed by atoms with Gasteiger partial charge in [-0.3, -0.25) is 4.40 Å². The number of hydrogen-bond donors (Lipinski definition) is 1. The van der Waals surface area contributed by atoms with Gasteiger partial charge in [-0.25, -0.2) is 9.78 Å². The summed E-state index contributed by atoms with van der Waals surface area (Å²) in [6.45, 7) is 4.53. The van der Waals surface area contributed by atoms with Crippen molar-refractivity contribution in [2.75, 3.05) is 33.4 Å². The molecule has 0 atom stereocenters. The number of urea groups is 1. The average Bonchev–Trinajstić information content (AvgIpc) is 3.30. The first kappa shape index (κ1) is 21.6. The fourth-order valence-corrected chi connectivity index (χ4v) is 4.05. The maximum absolute atomic E-state index is 12.5. The van der Waals surface area contributed by atoms with Gasteiger partial charge in [0.25, 0.3) is 0 Å². The van der Waals surface area contributed by atoms with Crippen molar-refractivity contribution in [1.82, 2.24) is 19.6 Å². The summed E-state index contributed by atoms with van der Waals surface area (Å²) in [5, 5.41) is 5.81. The SMILES string of the molecule is CCCCNC(=O)N(CCOC)CCc1csc2nc(-c3ccc(Cl)cc3)cn12. The molecule has 0 aliphatic carbocycles. The zero-order valence-electron chi connectivity index (χ0n) is 16.9. The number of unbranched alkanes of at least 4 members (excludes halogenated alkanes) is 1. The highest BCUT2D eigenvalue weighted by Gasteiger charge is 2.15. The Bertz CT molecular complexity index is 923. The van der Waals surface area contributed by atoms with Gasteiger partial charge in [-0.1, -0.05) is 37.1 Å². The highest BCUT2D eigenvalue weighted by molar-refractivity contribution is 7.15. The summed E-state index contributed by atoms with van der Waals surface area (Å²) in [5.41, 5.74) is 3.10. The Hall–Kier alpha value is -2.09. The molecule has 1 aromatic carbocycles. The van der Waals surface area contributed by atoms with Crippen LogP contribution in [0.5, 0.6) is 0 Å². The number of amides is 2. The summed E-state index contributed by atoms with van der Waals surface area (Å²) in [5.74, 6) is 0. The number of imidazole rings is 1. The fourth-order valence-electron chi connectivity index (χ4n) is 3.02. The topological polar surface area (TPSA) is 58.9 Å². The van der Waals surface area contributed by atoms with Crippen LogP contribution in [0.2, 0.25) is 5.02 Å². The summed E-state index contributed by atoms with van der Waals surface area (Å²) < 4.78 is 7.28. The number of carbonyl (C=O) groups excluding carboxylic acids is 1. The second-order valence-electron chi connectivity index (χ2n) is 6.83. The summed E-state index contributed by atoms with van der Waals surface area (Å²) in [4.78, 5) is 20.0. The molecule has 2 amide bonds. The zero-order valence-corrected chi connectivity index (χ0v) is 18.4. The Kier molecular flexibility index (Phi) is 7.91. The minimum atomic E-state index is -0.0329. The Labute approximate surface area is 180 Å². The van der Waals surface area contributed by atoms with Crippen molar-refractivity contribution in [3.8, 4) is 11.3 Å². The molecule has 0 aliphatic heterocycles. The number of rotatable bonds is 10. The lowest BCUT2D eigenvalue weighted by atomic mass is 10.2. The first-order valence-corrected chi connectivity index (χ1v) is 11.1. The second kappa shape index (κ2) is 10.6. The molecule has 3 rings (SSSR count). The van der Waals surface area contributed by atoms with Crippen LogP contribution in [-0.4, -0.2) is 53.7 Å². The van der Waals surface area contributed by atoms with Crippen LogP contribution in [0.25, 0.3) is 16.2 Å². The smallest absolute Gasteiger partial charge is 0.317 e. The van der Waals surface area contributed by atoms with Crippen LogP contribution >= 0.6 is 22.9 Å². The summed E-state index contributed by atoms with van der Waals surface area (Å²) in [6.07, 6.45) is 4.84. The molecule has 3 aromatic rings. The van der Waals surface area contributed by atoms with E-state index in [4.69, 9.17) is 21.3 Å². The lowest BCUT2D eigenvalue weighted by Gasteiger charge is -2.22. The second-order valence-corrected chi connectivity index (χ2v) is 8.10. The number of carbonyl (C=O) groups is 1. The molecule has 2 aromatic heterocycles. The highest BCUT2D eigenvalue weighted by Crippen LogP contribution is 2.25. The maximum atomic E-state index is 12.5. The van der Waals surface area contributed by atoms with Gasteiger partial charge in [0.15, 0.2) is 4.96 Å². The molecule has 2 heterocycles. The molecule has 156 valence electrons. The van der Waals surface area contributed by atoms with Crippen molar-refractivity contribution in [2.45, 2.75) is 26.2 Å². The molecular weight excluding hydrogens is 408 g/mol. The van der Waals surface area contributed by atoms with E-state index in [2.05, 4.69) is 22.0 Å². The van der Waals surface area contributed by atoms with Crippen molar-refractivity contribution in [2.24, 2.45) is 0 Å². The molecule has 0 radical (unpaired) electrons. The van der Waals surface area contributed by atoms with Gasteiger partial charge in [0, 0.05) is 61.0 Å². The van der Waals surface area contributed by atoms with Crippen LogP contribution in [0.1, 0.15) is 25.5 Å². The highest BCUT2D eigenvalue weighted by atomic mass is 35.5. The van der Waals surface area contributed by atoms with Crippen LogP contribution in [0.15, 0.2) is 35.8 Å². The van der Waals surface area contributed by atoms with E-state index < -0.39 is 0 Å². The number of nitrogens with zero attached hydrogens (tertiary/aromatic N) is 3. The Morgan fingerprint density at radius 1 is 1.31 bits per heavy atom. The number of thiazole rings is 1. The van der Waals surface area contributed by atoms with E-state index in [1.165, 1.54) is 0 Å². The summed E-state index contributed by atoms with van der Waals surface area (Å²) in [7, 11) is 1.65. The zero-order chi connectivity index (χ0) is 20.6. The van der Waals surface area contributed by atoms with E-state index in [0.717, 1.165) is 41.2 Å². The predicted molar refractivity (Wildman–Crippen MR) is 119 cm³/mol. The van der Waals surface area contributed by atoms with Gasteiger partial charge < -0.3 is 15.0 Å². The first-order chi connectivity index (χ1) is 14.1. The molecule has 29 heavy (non-hydrogen) atoms. The molecule has 0 spiro atoms. The van der Waals surface area contributed by atoms with Crippen molar-refractivity contribution in [3.05, 3.63) is 46.6 Å². The summed E-state index contributed by atoms with van der Waals surface area (Å²) >= 11 is 7.59. The van der Waals surface area contributed by atoms with Gasteiger partial charge >= 0.3 is 6.03 Å². The molecule has 0 fully saturated rings. The standard InChI is InChI=1S/C21H27ClN4O2S/c1-3-4-10-23-20(27)25(12-13-28-2)11-9-18-15-29-21-24-19(14-26(18)21)16-5-7-17(22)8-6-16/h5-8,14-15H,3-4,9-13H2,1-2H3,(H,23,27). The molecule has 1 N–H and O–H groups in total. The quantitative estimate of drug-likeness (QED) is 0.470. The van der Waals surface area contributed by atoms with Crippen molar-refractivity contribution < 1.29 is 9.53 Å². The Morgan fingerprint density at radius 3 is 2.83 bits per heavy atom. The number of nitrogens with one attached hydrogen (secondary N) is 1. The molecular formula is C21H27ClN4O2S. The van der Waals surface area contributed by atoms with Crippen molar-refractivity contribution in [1.29, 1.82) is 0 Å². The maximum Gasteiger partial charge on any atom is 0.317 e. The third-order valence-corrected chi connectivity index (χ3v) is 5.86. The Balaban J connectivity index is 1.69. The molecule has 0 bridgehead atoms. The largest absolute Gasteiger partial charge is 0.383 e. The van der Waals surface area contributed by atoms with Gasteiger partial charge in [-0.05, 0) is 18.6 Å². The number of halogens is 1. The van der Waals surface area contributed by atoms with Gasteiger partial charge in [-0.15, -0.1) is 11.3 Å². The van der Waals surface area contributed by atoms with Crippen LogP contribution < -0.4 is 5.32 Å². The van der Waals surface area contributed by atoms with Crippen LogP contribution in [0, 0.1) is 0 Å². The van der Waals surface area contributed by atoms with Gasteiger partial charge in [0.05, 0.1) is 12.3 Å². The fraction of sp³-hybridized carbons (Fsp3) is 0.429. The minimum Gasteiger partial charge on any atom is -0.383 e. The average molecular weight is 435 g/mol. The lowest BCUT2D eigenvalue weighted by Crippen LogP contribution is -2.43. The molecule has 6 nitrogen and oxygen atoms in total. The molecule has 8 heteroatoms. The lowest BCUT2D eigenvalue weighted by molar-refractivity contribution is 0.149. The van der Waals surface area contributed by atoms with Gasteiger partial charge in [-0.2, -0.15) is 0 Å². The normalized spacial score (nSPS) is 11.1. The molecule has 0 unspecified atom stereocenters. The van der Waals surface area contributed by atoms with Gasteiger partial charge in [0.1, 0.15) is 0 Å². The third kappa shape index (κ3) is 5.72. The number of aromatic nitrogens is 2. The van der Waals surface area contributed by atoms with E-state index in [-0.39, 0.29) is 6.03 Å². The number of fused-ring (bicyclic) bond motifs is 1. The van der Waals surface area contributed by atoms with Crippen LogP contribution in [0.4, 0.5) is 4.79 Å². The minimum absolute atomic E-state index is 0.0329. The van der Waals surface area contributed by atoms with E-state index in [0.29, 0.717) is 31.3 Å². The van der Waals surface area contributed by atoms with Crippen molar-refractivity contribution in [3.63, 3.8) is 0 Å². The number of ether oxygens (including phenoxy) is 1. The molecule has 0 saturated heterocycles. The molecule has 0 aliphatic rings. The summed E-state index contributed by atoms with van der Waals surface area (Å²) in [6, 6.07) is 7.66. The number of benzene rings is 1.